The molecule has 3 nitrogen and oxygen atoms in total. The molecule has 0 radical (unpaired) electrons. The lowest BCUT2D eigenvalue weighted by Crippen LogP contribution is -2.28. The van der Waals surface area contributed by atoms with Crippen molar-refractivity contribution in [3.8, 4) is 0 Å². The first-order valence-corrected chi connectivity index (χ1v) is 9.76. The van der Waals surface area contributed by atoms with Gasteiger partial charge in [0.2, 0.25) is 5.91 Å². The van der Waals surface area contributed by atoms with Crippen LogP contribution in [0, 0.1) is 0 Å². The van der Waals surface area contributed by atoms with E-state index in [1.807, 2.05) is 84.9 Å². The molecule has 3 aromatic rings. The van der Waals surface area contributed by atoms with Gasteiger partial charge >= 0.3 is 0 Å². The molecule has 3 aromatic carbocycles. The number of nitrogens with one attached hydrogen (secondary N) is 1. The van der Waals surface area contributed by atoms with Gasteiger partial charge in [-0.1, -0.05) is 72.8 Å². The zero-order valence-electron chi connectivity index (χ0n) is 15.3. The van der Waals surface area contributed by atoms with Crippen LogP contribution >= 0.6 is 11.8 Å². The molecule has 4 heteroatoms. The van der Waals surface area contributed by atoms with Gasteiger partial charge in [0.05, 0.1) is 6.61 Å². The first-order valence-electron chi connectivity index (χ1n) is 8.88. The van der Waals surface area contributed by atoms with Crippen LogP contribution in [0.25, 0.3) is 0 Å². The molecule has 1 N–H and O–H groups in total. The highest BCUT2D eigenvalue weighted by Gasteiger charge is 2.21. The highest BCUT2D eigenvalue weighted by atomic mass is 32.2. The van der Waals surface area contributed by atoms with E-state index in [9.17, 15) is 4.79 Å². The lowest BCUT2D eigenvalue weighted by molar-refractivity contribution is -0.120. The molecule has 1 unspecified atom stereocenters. The number of amides is 1. The van der Waals surface area contributed by atoms with Gasteiger partial charge < -0.3 is 10.1 Å². The van der Waals surface area contributed by atoms with Gasteiger partial charge in [0.25, 0.3) is 0 Å². The van der Waals surface area contributed by atoms with Gasteiger partial charge in [-0.2, -0.15) is 0 Å². The summed E-state index contributed by atoms with van der Waals surface area (Å²) >= 11 is 1.56. The van der Waals surface area contributed by atoms with Gasteiger partial charge in [0.15, 0.2) is 0 Å². The summed E-state index contributed by atoms with van der Waals surface area (Å²) in [5, 5.41) is 2.80. The third kappa shape index (κ3) is 5.46. The Bertz CT molecular complexity index is 853. The van der Waals surface area contributed by atoms with Crippen molar-refractivity contribution in [2.75, 3.05) is 7.11 Å². The van der Waals surface area contributed by atoms with E-state index in [4.69, 9.17) is 4.74 Å². The Morgan fingerprint density at radius 2 is 1.48 bits per heavy atom. The first-order chi connectivity index (χ1) is 13.3. The molecule has 0 aliphatic rings. The van der Waals surface area contributed by atoms with Gasteiger partial charge in [-0.3, -0.25) is 4.79 Å². The van der Waals surface area contributed by atoms with Crippen molar-refractivity contribution < 1.29 is 9.53 Å². The number of carbonyl (C=O) groups is 1. The van der Waals surface area contributed by atoms with Gasteiger partial charge in [-0.05, 0) is 28.8 Å². The van der Waals surface area contributed by atoms with E-state index < -0.39 is 0 Å². The topological polar surface area (TPSA) is 38.3 Å². The number of methoxy groups -OCH3 is 1. The number of hydrogen-bond acceptors (Lipinski definition) is 3. The van der Waals surface area contributed by atoms with Crippen LogP contribution < -0.4 is 5.32 Å². The van der Waals surface area contributed by atoms with Crippen molar-refractivity contribution in [3.05, 3.63) is 102 Å². The predicted octanol–water partition coefficient (Wildman–Crippen LogP) is 4.98. The monoisotopic (exact) mass is 377 g/mol. The summed E-state index contributed by atoms with van der Waals surface area (Å²) in [5.74, 6) is 0.00210. The summed E-state index contributed by atoms with van der Waals surface area (Å²) in [5.41, 5.74) is 3.16. The number of thioether (sulfide) groups is 1. The van der Waals surface area contributed by atoms with Crippen LogP contribution in [0.15, 0.2) is 89.8 Å². The van der Waals surface area contributed by atoms with Crippen LogP contribution in [0.3, 0.4) is 0 Å². The molecule has 0 spiro atoms. The molecule has 27 heavy (non-hydrogen) atoms. The molecule has 0 saturated heterocycles. The number of hydrogen-bond donors (Lipinski definition) is 1. The van der Waals surface area contributed by atoms with E-state index in [0.717, 1.165) is 21.6 Å². The van der Waals surface area contributed by atoms with E-state index in [1.54, 1.807) is 18.9 Å². The quantitative estimate of drug-likeness (QED) is 0.563. The Morgan fingerprint density at radius 1 is 0.889 bits per heavy atom. The zero-order valence-corrected chi connectivity index (χ0v) is 16.1. The average Bonchev–Trinajstić information content (AvgIpc) is 2.73. The minimum absolute atomic E-state index is 0.00210. The third-order valence-corrected chi connectivity index (χ3v) is 5.48. The summed E-state index contributed by atoms with van der Waals surface area (Å²) in [4.78, 5) is 14.1. The molecular formula is C23H23NO2S. The van der Waals surface area contributed by atoms with Crippen molar-refractivity contribution in [1.82, 2.24) is 5.32 Å². The second kappa shape index (κ2) is 9.95. The molecule has 138 valence electrons. The Hall–Kier alpha value is -2.56. The van der Waals surface area contributed by atoms with E-state index >= 15 is 0 Å². The van der Waals surface area contributed by atoms with Crippen LogP contribution in [0.5, 0.6) is 0 Å². The Balaban J connectivity index is 1.75. The minimum atomic E-state index is -0.303. The van der Waals surface area contributed by atoms with E-state index in [1.165, 1.54) is 0 Å². The van der Waals surface area contributed by atoms with Crippen molar-refractivity contribution in [2.24, 2.45) is 0 Å². The van der Waals surface area contributed by atoms with Gasteiger partial charge in [-0.25, -0.2) is 0 Å². The molecule has 0 saturated carbocycles. The van der Waals surface area contributed by atoms with Gasteiger partial charge in [-0.15, -0.1) is 11.8 Å². The highest BCUT2D eigenvalue weighted by Crippen LogP contribution is 2.35. The van der Waals surface area contributed by atoms with Gasteiger partial charge in [0.1, 0.15) is 5.25 Å². The first kappa shape index (κ1) is 19.2. The maximum absolute atomic E-state index is 13.0. The summed E-state index contributed by atoms with van der Waals surface area (Å²) in [6.45, 7) is 1.02. The number of carbonyl (C=O) groups excluding carboxylic acids is 1. The minimum Gasteiger partial charge on any atom is -0.380 e. The summed E-state index contributed by atoms with van der Waals surface area (Å²) in [6, 6.07) is 27.9. The molecule has 0 aliphatic carbocycles. The summed E-state index contributed by atoms with van der Waals surface area (Å²) in [7, 11) is 1.68. The molecule has 3 rings (SSSR count). The average molecular weight is 378 g/mol. The largest absolute Gasteiger partial charge is 0.380 e. The standard InChI is InChI=1S/C23H23NO2S/c1-26-17-20-13-9-8-12-19(20)16-24-23(25)22(18-10-4-2-5-11-18)27-21-14-6-3-7-15-21/h2-15,22H,16-17H2,1H3,(H,24,25). The van der Waals surface area contributed by atoms with Crippen LogP contribution in [0.4, 0.5) is 0 Å². The smallest absolute Gasteiger partial charge is 0.238 e. The van der Waals surface area contributed by atoms with Crippen LogP contribution in [-0.4, -0.2) is 13.0 Å². The van der Waals surface area contributed by atoms with E-state index in [-0.39, 0.29) is 11.2 Å². The Kier molecular flexibility index (Phi) is 7.08. The van der Waals surface area contributed by atoms with Crippen LogP contribution in [-0.2, 0) is 22.7 Å². The fourth-order valence-electron chi connectivity index (χ4n) is 2.84. The molecule has 1 atom stereocenters. The Labute approximate surface area is 164 Å². The zero-order chi connectivity index (χ0) is 18.9. The molecule has 1 amide bonds. The molecule has 0 aromatic heterocycles. The predicted molar refractivity (Wildman–Crippen MR) is 110 cm³/mol. The molecule has 0 fully saturated rings. The molecule has 0 aliphatic heterocycles. The van der Waals surface area contributed by atoms with Crippen molar-refractivity contribution in [3.63, 3.8) is 0 Å². The third-order valence-electron chi connectivity index (χ3n) is 4.21. The Morgan fingerprint density at radius 3 is 2.15 bits per heavy atom. The maximum atomic E-state index is 13.0. The second-order valence-electron chi connectivity index (χ2n) is 6.14. The lowest BCUT2D eigenvalue weighted by atomic mass is 10.1. The number of ether oxygens (including phenoxy) is 1. The highest BCUT2D eigenvalue weighted by molar-refractivity contribution is 8.00. The van der Waals surface area contributed by atoms with E-state index in [2.05, 4.69) is 5.32 Å². The van der Waals surface area contributed by atoms with Crippen molar-refractivity contribution in [1.29, 1.82) is 0 Å². The van der Waals surface area contributed by atoms with Crippen LogP contribution in [0.1, 0.15) is 21.9 Å². The fraction of sp³-hybridized carbons (Fsp3) is 0.174. The molecule has 0 bridgehead atoms. The molecule has 0 heterocycles. The molecular weight excluding hydrogens is 354 g/mol. The number of benzene rings is 3. The SMILES string of the molecule is COCc1ccccc1CNC(=O)C(Sc1ccccc1)c1ccccc1. The lowest BCUT2D eigenvalue weighted by Gasteiger charge is -2.18. The normalized spacial score (nSPS) is 11.7. The summed E-state index contributed by atoms with van der Waals surface area (Å²) < 4.78 is 5.25. The second-order valence-corrected chi connectivity index (χ2v) is 7.32. The maximum Gasteiger partial charge on any atom is 0.238 e. The van der Waals surface area contributed by atoms with Gasteiger partial charge in [0, 0.05) is 18.6 Å². The van der Waals surface area contributed by atoms with Crippen molar-refractivity contribution >= 4 is 17.7 Å². The summed E-state index contributed by atoms with van der Waals surface area (Å²) in [6.07, 6.45) is 0. The van der Waals surface area contributed by atoms with Crippen LogP contribution in [0.2, 0.25) is 0 Å². The fourth-order valence-corrected chi connectivity index (χ4v) is 3.91. The number of rotatable bonds is 8. The van der Waals surface area contributed by atoms with Crippen molar-refractivity contribution in [2.45, 2.75) is 23.3 Å². The van der Waals surface area contributed by atoms with E-state index in [0.29, 0.717) is 13.2 Å².